The topological polar surface area (TPSA) is 21.7 Å². The molecule has 3 heteroatoms. The zero-order valence-electron chi connectivity index (χ0n) is 12.2. The molecule has 0 saturated heterocycles. The predicted molar refractivity (Wildman–Crippen MR) is 83.1 cm³/mol. The first-order valence-corrected chi connectivity index (χ1v) is 7.53. The first-order chi connectivity index (χ1) is 10.3. The van der Waals surface area contributed by atoms with E-state index in [1.54, 1.807) is 0 Å². The van der Waals surface area contributed by atoms with Gasteiger partial charge in [0.25, 0.3) is 0 Å². The molecule has 0 aliphatic carbocycles. The summed E-state index contributed by atoms with van der Waals surface area (Å²) >= 11 is 0. The Kier molecular flexibility index (Phi) is 2.99. The maximum absolute atomic E-state index is 5.50. The van der Waals surface area contributed by atoms with Crippen LogP contribution in [0.4, 0.5) is 5.69 Å². The first kappa shape index (κ1) is 12.6. The molecule has 1 atom stereocenters. The second-order valence-corrected chi connectivity index (χ2v) is 5.85. The normalized spacial score (nSPS) is 20.0. The van der Waals surface area contributed by atoms with Crippen molar-refractivity contribution in [3.8, 4) is 11.5 Å². The van der Waals surface area contributed by atoms with Crippen molar-refractivity contribution < 1.29 is 9.47 Å². The summed E-state index contributed by atoms with van der Waals surface area (Å²) in [6.07, 6.45) is 1.17. The molecule has 108 valence electrons. The molecule has 2 aliphatic rings. The highest BCUT2D eigenvalue weighted by atomic mass is 16.7. The maximum Gasteiger partial charge on any atom is 0.231 e. The van der Waals surface area contributed by atoms with Gasteiger partial charge in [0, 0.05) is 24.8 Å². The largest absolute Gasteiger partial charge is 0.454 e. The van der Waals surface area contributed by atoms with Crippen molar-refractivity contribution in [2.24, 2.45) is 0 Å². The predicted octanol–water partition coefficient (Wildman–Crippen LogP) is 3.93. The van der Waals surface area contributed by atoms with Gasteiger partial charge in [-0.2, -0.15) is 0 Å². The summed E-state index contributed by atoms with van der Waals surface area (Å²) in [7, 11) is 0. The molecule has 0 fully saturated rings. The fraction of sp³-hybridized carbons (Fsp3) is 0.333. The van der Waals surface area contributed by atoms with Gasteiger partial charge in [0.2, 0.25) is 6.79 Å². The Labute approximate surface area is 125 Å². The van der Waals surface area contributed by atoms with Crippen LogP contribution in [-0.4, -0.2) is 13.3 Å². The van der Waals surface area contributed by atoms with E-state index in [4.69, 9.17) is 9.47 Å². The van der Waals surface area contributed by atoms with Crippen LogP contribution in [0.5, 0.6) is 11.5 Å². The zero-order chi connectivity index (χ0) is 14.2. The number of anilines is 1. The van der Waals surface area contributed by atoms with Gasteiger partial charge in [-0.1, -0.05) is 31.2 Å². The van der Waals surface area contributed by atoms with E-state index in [0.717, 1.165) is 24.6 Å². The molecule has 4 rings (SSSR count). The standard InChI is InChI=1S/C18H19NO2/c1-13-8-9-19(11-14-4-2-3-5-16(13)14)15-6-7-17-18(10-15)21-12-20-17/h2-7,10,13H,8-9,11-12H2,1H3. The molecular formula is C18H19NO2. The van der Waals surface area contributed by atoms with Crippen LogP contribution < -0.4 is 14.4 Å². The fourth-order valence-electron chi connectivity index (χ4n) is 3.25. The van der Waals surface area contributed by atoms with Crippen LogP contribution >= 0.6 is 0 Å². The molecule has 21 heavy (non-hydrogen) atoms. The SMILES string of the molecule is CC1CCN(c2ccc3c(c2)OCO3)Cc2ccccc21. The van der Waals surface area contributed by atoms with E-state index in [-0.39, 0.29) is 0 Å². The fourth-order valence-corrected chi connectivity index (χ4v) is 3.25. The molecule has 1 unspecified atom stereocenters. The second-order valence-electron chi connectivity index (χ2n) is 5.85. The van der Waals surface area contributed by atoms with Gasteiger partial charge in [0.05, 0.1) is 0 Å². The summed E-state index contributed by atoms with van der Waals surface area (Å²) < 4.78 is 10.9. The maximum atomic E-state index is 5.50. The van der Waals surface area contributed by atoms with E-state index >= 15 is 0 Å². The Balaban J connectivity index is 1.67. The van der Waals surface area contributed by atoms with Crippen LogP contribution in [-0.2, 0) is 6.54 Å². The Bertz CT molecular complexity index is 668. The lowest BCUT2D eigenvalue weighted by atomic mass is 9.95. The Hall–Kier alpha value is -2.16. The smallest absolute Gasteiger partial charge is 0.231 e. The average molecular weight is 281 g/mol. The Morgan fingerprint density at radius 1 is 1.05 bits per heavy atom. The highest BCUT2D eigenvalue weighted by Gasteiger charge is 2.21. The zero-order valence-corrected chi connectivity index (χ0v) is 12.2. The van der Waals surface area contributed by atoms with Crippen LogP contribution in [0.2, 0.25) is 0 Å². The Morgan fingerprint density at radius 3 is 2.86 bits per heavy atom. The third-order valence-electron chi connectivity index (χ3n) is 4.50. The van der Waals surface area contributed by atoms with Gasteiger partial charge in [-0.15, -0.1) is 0 Å². The summed E-state index contributed by atoms with van der Waals surface area (Å²) in [5.74, 6) is 2.32. The first-order valence-electron chi connectivity index (χ1n) is 7.53. The third kappa shape index (κ3) is 2.23. The molecule has 0 spiro atoms. The molecule has 2 aromatic carbocycles. The minimum Gasteiger partial charge on any atom is -0.454 e. The van der Waals surface area contributed by atoms with E-state index < -0.39 is 0 Å². The van der Waals surface area contributed by atoms with Crippen LogP contribution in [0.15, 0.2) is 42.5 Å². The molecule has 0 N–H and O–H groups in total. The summed E-state index contributed by atoms with van der Waals surface area (Å²) in [6.45, 7) is 4.68. The summed E-state index contributed by atoms with van der Waals surface area (Å²) in [6, 6.07) is 15.0. The van der Waals surface area contributed by atoms with Crippen molar-refractivity contribution in [1.82, 2.24) is 0 Å². The van der Waals surface area contributed by atoms with Crippen LogP contribution in [0.1, 0.15) is 30.4 Å². The van der Waals surface area contributed by atoms with Gasteiger partial charge < -0.3 is 14.4 Å². The number of nitrogens with zero attached hydrogens (tertiary/aromatic N) is 1. The molecule has 0 bridgehead atoms. The molecule has 0 radical (unpaired) electrons. The van der Waals surface area contributed by atoms with Gasteiger partial charge in [-0.3, -0.25) is 0 Å². The summed E-state index contributed by atoms with van der Waals surface area (Å²) in [5.41, 5.74) is 4.13. The molecule has 2 aliphatic heterocycles. The van der Waals surface area contributed by atoms with E-state index in [0.29, 0.717) is 12.7 Å². The van der Waals surface area contributed by atoms with Crippen molar-refractivity contribution in [3.05, 3.63) is 53.6 Å². The van der Waals surface area contributed by atoms with Crippen LogP contribution in [0, 0.1) is 0 Å². The molecule has 2 heterocycles. The number of ether oxygens (including phenoxy) is 2. The number of rotatable bonds is 1. The van der Waals surface area contributed by atoms with Gasteiger partial charge >= 0.3 is 0 Å². The number of hydrogen-bond acceptors (Lipinski definition) is 3. The van der Waals surface area contributed by atoms with E-state index in [9.17, 15) is 0 Å². The summed E-state index contributed by atoms with van der Waals surface area (Å²) in [4.78, 5) is 2.43. The van der Waals surface area contributed by atoms with Gasteiger partial charge in [0.1, 0.15) is 0 Å². The van der Waals surface area contributed by atoms with E-state index in [1.807, 2.05) is 6.07 Å². The molecule has 0 saturated carbocycles. The minimum atomic E-state index is 0.332. The van der Waals surface area contributed by atoms with Crippen molar-refractivity contribution in [2.75, 3.05) is 18.2 Å². The third-order valence-corrected chi connectivity index (χ3v) is 4.50. The van der Waals surface area contributed by atoms with Gasteiger partial charge in [-0.05, 0) is 35.6 Å². The summed E-state index contributed by atoms with van der Waals surface area (Å²) in [5, 5.41) is 0. The average Bonchev–Trinajstić information content (AvgIpc) is 2.92. The quantitative estimate of drug-likeness (QED) is 0.790. The van der Waals surface area contributed by atoms with Crippen LogP contribution in [0.3, 0.4) is 0 Å². The molecule has 3 nitrogen and oxygen atoms in total. The second kappa shape index (κ2) is 4.99. The van der Waals surface area contributed by atoms with Gasteiger partial charge in [0.15, 0.2) is 11.5 Å². The monoisotopic (exact) mass is 281 g/mol. The van der Waals surface area contributed by atoms with Gasteiger partial charge in [-0.25, -0.2) is 0 Å². The Morgan fingerprint density at radius 2 is 1.90 bits per heavy atom. The van der Waals surface area contributed by atoms with Crippen molar-refractivity contribution >= 4 is 5.69 Å². The van der Waals surface area contributed by atoms with Crippen LogP contribution in [0.25, 0.3) is 0 Å². The van der Waals surface area contributed by atoms with Crippen molar-refractivity contribution in [1.29, 1.82) is 0 Å². The molecule has 2 aromatic rings. The lowest BCUT2D eigenvalue weighted by molar-refractivity contribution is 0.174. The molecular weight excluding hydrogens is 262 g/mol. The van der Waals surface area contributed by atoms with Crippen molar-refractivity contribution in [2.45, 2.75) is 25.8 Å². The highest BCUT2D eigenvalue weighted by Crippen LogP contribution is 2.37. The lowest BCUT2D eigenvalue weighted by Gasteiger charge is -2.23. The number of fused-ring (bicyclic) bond motifs is 2. The molecule has 0 aromatic heterocycles. The lowest BCUT2D eigenvalue weighted by Crippen LogP contribution is -2.22. The number of benzene rings is 2. The van der Waals surface area contributed by atoms with Crippen molar-refractivity contribution in [3.63, 3.8) is 0 Å². The molecule has 0 amide bonds. The van der Waals surface area contributed by atoms with E-state index in [1.165, 1.54) is 23.2 Å². The highest BCUT2D eigenvalue weighted by molar-refractivity contribution is 5.58. The minimum absolute atomic E-state index is 0.332. The number of hydrogen-bond donors (Lipinski definition) is 0. The van der Waals surface area contributed by atoms with E-state index in [2.05, 4.69) is 48.2 Å².